The summed E-state index contributed by atoms with van der Waals surface area (Å²) in [6.45, 7) is 3.07. The molecule has 0 saturated heterocycles. The predicted molar refractivity (Wildman–Crippen MR) is 93.7 cm³/mol. The first-order valence-corrected chi connectivity index (χ1v) is 8.99. The molecule has 0 amide bonds. The number of nitrogens with zero attached hydrogens (tertiary/aromatic N) is 2. The third-order valence-electron chi connectivity index (χ3n) is 6.08. The lowest BCUT2D eigenvalue weighted by Crippen LogP contribution is -2.53. The second kappa shape index (κ2) is 5.78. The fraction of sp³-hybridized carbons (Fsp3) is 0.450. The summed E-state index contributed by atoms with van der Waals surface area (Å²) in [4.78, 5) is 13.1. The summed E-state index contributed by atoms with van der Waals surface area (Å²) < 4.78 is 41.0. The largest absolute Gasteiger partial charge is 0.395 e. The van der Waals surface area contributed by atoms with E-state index in [0.717, 1.165) is 18.1 Å². The molecular formula is C20H20F3N3O. The molecule has 2 heterocycles. The summed E-state index contributed by atoms with van der Waals surface area (Å²) >= 11 is 0. The Balaban J connectivity index is 1.95. The highest BCUT2D eigenvalue weighted by atomic mass is 19.4. The van der Waals surface area contributed by atoms with Gasteiger partial charge in [0.05, 0.1) is 17.0 Å². The minimum absolute atomic E-state index is 0.258. The lowest BCUT2D eigenvalue weighted by Gasteiger charge is -2.48. The minimum atomic E-state index is -4.46. The van der Waals surface area contributed by atoms with Crippen LogP contribution in [0, 0.1) is 5.41 Å². The highest BCUT2D eigenvalue weighted by Crippen LogP contribution is 2.56. The van der Waals surface area contributed by atoms with Gasteiger partial charge >= 0.3 is 6.18 Å². The van der Waals surface area contributed by atoms with Gasteiger partial charge in [0, 0.05) is 29.7 Å². The van der Waals surface area contributed by atoms with Crippen molar-refractivity contribution < 1.29 is 18.0 Å². The zero-order valence-electron chi connectivity index (χ0n) is 15.1. The molecule has 0 aromatic heterocycles. The molecule has 4 nitrogen and oxygen atoms in total. The van der Waals surface area contributed by atoms with Crippen LogP contribution in [0.15, 0.2) is 63.6 Å². The summed E-state index contributed by atoms with van der Waals surface area (Å²) in [5.41, 5.74) is -0.399. The van der Waals surface area contributed by atoms with E-state index in [1.165, 1.54) is 0 Å². The van der Waals surface area contributed by atoms with Crippen molar-refractivity contribution in [3.8, 4) is 0 Å². The van der Waals surface area contributed by atoms with E-state index in [1.807, 2.05) is 37.3 Å². The van der Waals surface area contributed by atoms with Crippen molar-refractivity contribution in [2.24, 2.45) is 15.6 Å². The molecule has 1 aromatic carbocycles. The maximum Gasteiger partial charge on any atom is 0.395 e. The summed E-state index contributed by atoms with van der Waals surface area (Å²) in [6, 6.07) is 9.46. The van der Waals surface area contributed by atoms with Crippen LogP contribution in [0.3, 0.4) is 0 Å². The third-order valence-corrected chi connectivity index (χ3v) is 6.08. The Kier molecular flexibility index (Phi) is 3.84. The lowest BCUT2D eigenvalue weighted by molar-refractivity contribution is -0.221. The van der Waals surface area contributed by atoms with Gasteiger partial charge in [0.1, 0.15) is 0 Å². The fourth-order valence-electron chi connectivity index (χ4n) is 4.64. The van der Waals surface area contributed by atoms with E-state index < -0.39 is 35.4 Å². The van der Waals surface area contributed by atoms with E-state index in [9.17, 15) is 18.0 Å². The lowest BCUT2D eigenvalue weighted by atomic mass is 9.58. The molecule has 3 atom stereocenters. The predicted octanol–water partition coefficient (Wildman–Crippen LogP) is 4.80. The minimum Gasteiger partial charge on any atom is -0.362 e. The Morgan fingerprint density at radius 1 is 1.22 bits per heavy atom. The maximum atomic E-state index is 13.7. The van der Waals surface area contributed by atoms with Crippen LogP contribution in [0.1, 0.15) is 38.7 Å². The highest BCUT2D eigenvalue weighted by molar-refractivity contribution is 6.01. The van der Waals surface area contributed by atoms with Crippen LogP contribution in [-0.4, -0.2) is 18.1 Å². The van der Waals surface area contributed by atoms with Gasteiger partial charge in [-0.25, -0.2) is 0 Å². The average molecular weight is 375 g/mol. The molecule has 27 heavy (non-hydrogen) atoms. The first kappa shape index (κ1) is 17.9. The van der Waals surface area contributed by atoms with Crippen molar-refractivity contribution in [1.82, 2.24) is 5.32 Å². The van der Waals surface area contributed by atoms with E-state index >= 15 is 0 Å². The van der Waals surface area contributed by atoms with Crippen molar-refractivity contribution in [2.45, 2.75) is 50.9 Å². The number of benzene rings is 1. The molecule has 0 fully saturated rings. The number of azo groups is 1. The summed E-state index contributed by atoms with van der Waals surface area (Å²) in [7, 11) is 0. The van der Waals surface area contributed by atoms with Crippen molar-refractivity contribution in [3.05, 3.63) is 58.9 Å². The van der Waals surface area contributed by atoms with Crippen LogP contribution in [0.25, 0.3) is 0 Å². The Bertz CT molecular complexity index is 887. The van der Waals surface area contributed by atoms with Crippen molar-refractivity contribution in [3.63, 3.8) is 0 Å². The standard InChI is InChI=1S/C20H20F3N3O/c1-3-19(12-7-5-4-6-8-12)13-11-24-26-17(13)25-14-9-18(2,20(21,22)23)10-15(27)16(14)19/h4-8,11,17,25H,3,9-10H2,1-2H3/t17?,18-,19-/m0/s1. The number of Topliss-reactive ketones (excluding diaryl/α,β-unsaturated/α-hetero) is 1. The SMILES string of the molecule is CC[C@]1(c2ccccc2)C2=CN=NC2NC2=C1C(=O)C[C@@](C)(C(F)(F)F)C2. The molecule has 1 N–H and O–H groups in total. The molecule has 1 aliphatic carbocycles. The number of carbonyl (C=O) groups excluding carboxylic acids is 1. The second-order valence-electron chi connectivity index (χ2n) is 7.68. The molecule has 0 saturated carbocycles. The zero-order valence-corrected chi connectivity index (χ0v) is 15.1. The van der Waals surface area contributed by atoms with E-state index in [0.29, 0.717) is 17.7 Å². The number of ketones is 1. The zero-order chi connectivity index (χ0) is 19.4. The van der Waals surface area contributed by atoms with E-state index in [2.05, 4.69) is 15.5 Å². The van der Waals surface area contributed by atoms with Crippen LogP contribution >= 0.6 is 0 Å². The number of alkyl halides is 3. The van der Waals surface area contributed by atoms with Crippen LogP contribution in [0.4, 0.5) is 13.2 Å². The summed E-state index contributed by atoms with van der Waals surface area (Å²) in [6.07, 6.45) is -3.62. The summed E-state index contributed by atoms with van der Waals surface area (Å²) in [5.74, 6) is -0.458. The van der Waals surface area contributed by atoms with Gasteiger partial charge in [-0.15, -0.1) is 0 Å². The number of hydrogen-bond donors (Lipinski definition) is 1. The molecule has 0 radical (unpaired) electrons. The fourth-order valence-corrected chi connectivity index (χ4v) is 4.64. The van der Waals surface area contributed by atoms with Gasteiger partial charge in [0.25, 0.3) is 0 Å². The average Bonchev–Trinajstić information content (AvgIpc) is 3.08. The molecule has 2 aliphatic heterocycles. The van der Waals surface area contributed by atoms with Gasteiger partial charge in [-0.05, 0) is 12.0 Å². The Hall–Kier alpha value is -2.44. The molecule has 3 aliphatic rings. The Labute approximate surface area is 155 Å². The number of hydrogen-bond acceptors (Lipinski definition) is 4. The van der Waals surface area contributed by atoms with Crippen molar-refractivity contribution in [2.75, 3.05) is 0 Å². The van der Waals surface area contributed by atoms with Crippen LogP contribution in [0.5, 0.6) is 0 Å². The first-order valence-electron chi connectivity index (χ1n) is 8.99. The molecule has 7 heteroatoms. The molecule has 0 spiro atoms. The maximum absolute atomic E-state index is 13.7. The quantitative estimate of drug-likeness (QED) is 0.807. The van der Waals surface area contributed by atoms with E-state index in [-0.39, 0.29) is 6.42 Å². The van der Waals surface area contributed by atoms with Crippen LogP contribution in [0.2, 0.25) is 0 Å². The second-order valence-corrected chi connectivity index (χ2v) is 7.68. The molecule has 1 unspecified atom stereocenters. The van der Waals surface area contributed by atoms with Gasteiger partial charge in [0.15, 0.2) is 11.9 Å². The number of nitrogens with one attached hydrogen (secondary N) is 1. The van der Waals surface area contributed by atoms with Crippen molar-refractivity contribution in [1.29, 1.82) is 0 Å². The van der Waals surface area contributed by atoms with Gasteiger partial charge in [-0.1, -0.05) is 44.2 Å². The van der Waals surface area contributed by atoms with Crippen LogP contribution in [-0.2, 0) is 10.2 Å². The van der Waals surface area contributed by atoms with Crippen LogP contribution < -0.4 is 5.32 Å². The van der Waals surface area contributed by atoms with Crippen molar-refractivity contribution >= 4 is 5.78 Å². The summed E-state index contributed by atoms with van der Waals surface area (Å²) in [5, 5.41) is 11.2. The third kappa shape index (κ3) is 2.40. The number of rotatable bonds is 2. The van der Waals surface area contributed by atoms with E-state index in [4.69, 9.17) is 0 Å². The normalized spacial score (nSPS) is 32.7. The first-order chi connectivity index (χ1) is 12.7. The smallest absolute Gasteiger partial charge is 0.362 e. The Morgan fingerprint density at radius 2 is 1.93 bits per heavy atom. The number of fused-ring (bicyclic) bond motifs is 1. The van der Waals surface area contributed by atoms with Gasteiger partial charge in [-0.2, -0.15) is 23.4 Å². The monoisotopic (exact) mass is 375 g/mol. The molecule has 1 aromatic rings. The molecular weight excluding hydrogens is 355 g/mol. The number of carbonyl (C=O) groups is 1. The molecule has 142 valence electrons. The van der Waals surface area contributed by atoms with Gasteiger partial charge < -0.3 is 5.32 Å². The Morgan fingerprint density at radius 3 is 2.56 bits per heavy atom. The van der Waals surface area contributed by atoms with E-state index in [1.54, 1.807) is 6.20 Å². The number of allylic oxidation sites excluding steroid dienone is 2. The molecule has 4 rings (SSSR count). The highest BCUT2D eigenvalue weighted by Gasteiger charge is 2.59. The number of halogens is 3. The van der Waals surface area contributed by atoms with Gasteiger partial charge in [-0.3, -0.25) is 4.79 Å². The molecule has 0 bridgehead atoms. The van der Waals surface area contributed by atoms with Gasteiger partial charge in [0.2, 0.25) is 0 Å². The topological polar surface area (TPSA) is 53.8 Å².